The molecule has 0 aliphatic heterocycles. The summed E-state index contributed by atoms with van der Waals surface area (Å²) < 4.78 is 65.4. The summed E-state index contributed by atoms with van der Waals surface area (Å²) in [5.74, 6) is 0. The Morgan fingerprint density at radius 1 is 0.667 bits per heavy atom. The van der Waals surface area contributed by atoms with Crippen LogP contribution in [0.25, 0.3) is 0 Å². The van der Waals surface area contributed by atoms with Gasteiger partial charge in [-0.25, -0.2) is 0 Å². The maximum absolute atomic E-state index is 10.7. The molecule has 18 heavy (non-hydrogen) atoms. The molecule has 0 aliphatic carbocycles. The molecule has 0 rings (SSSR count). The summed E-state index contributed by atoms with van der Waals surface area (Å²) >= 11 is 6.43. The minimum atomic E-state index is -10.7. The van der Waals surface area contributed by atoms with Crippen LogP contribution < -0.4 is 0 Å². The molecule has 0 aromatic rings. The molecule has 0 heterocycles. The molecule has 0 aliphatic rings. The first kappa shape index (κ1) is 20.9. The van der Waals surface area contributed by atoms with Crippen LogP contribution in [0.15, 0.2) is 0 Å². The Balaban J connectivity index is 0. The molecule has 0 bridgehead atoms. The average Bonchev–Trinajstić information content (AvgIpc) is 1.95. The van der Waals surface area contributed by atoms with Crippen LogP contribution >= 0.6 is 26.1 Å². The van der Waals surface area contributed by atoms with Crippen molar-refractivity contribution in [2.24, 2.45) is 0 Å². The molecule has 0 amide bonds. The normalized spacial score (nSPS) is 17.3. The van der Waals surface area contributed by atoms with Crippen LogP contribution in [0.2, 0.25) is 0 Å². The van der Waals surface area contributed by atoms with E-state index in [9.17, 15) is 25.2 Å². The molecular weight excluding hydrogens is 325 g/mol. The van der Waals surface area contributed by atoms with Gasteiger partial charge in [-0.05, 0) is 0 Å². The Morgan fingerprint density at radius 2 is 0.778 bits per heavy atom. The van der Waals surface area contributed by atoms with E-state index in [0.29, 0.717) is 0 Å². The Morgan fingerprint density at radius 3 is 0.778 bits per heavy atom. The van der Waals surface area contributed by atoms with Crippen molar-refractivity contribution in [3.05, 3.63) is 0 Å². The Bertz CT molecular complexity index is 243. The molecule has 0 saturated heterocycles. The summed E-state index contributed by atoms with van der Waals surface area (Å²) in [5.41, 5.74) is 0. The molecule has 0 aromatic carbocycles. The average molecular weight is 344 g/mol. The number of halogens is 7. The van der Waals surface area contributed by atoms with Gasteiger partial charge in [0.15, 0.2) is 11.2 Å². The van der Waals surface area contributed by atoms with Crippen LogP contribution in [0, 0.1) is 0 Å². The van der Waals surface area contributed by atoms with Crippen molar-refractivity contribution >= 4 is 26.1 Å². The molecular formula is C6H18ClF6N3P2. The third-order valence-corrected chi connectivity index (χ3v) is 7.30. The number of nitrogens with zero attached hydrogens (tertiary/aromatic N) is 3. The fraction of sp³-hybridized carbons (Fsp3) is 1.00. The second kappa shape index (κ2) is 5.19. The van der Waals surface area contributed by atoms with Gasteiger partial charge in [-0.15, -0.1) is 14.0 Å². The van der Waals surface area contributed by atoms with E-state index in [1.54, 1.807) is 0 Å². The zero-order chi connectivity index (χ0) is 15.6. The van der Waals surface area contributed by atoms with E-state index in [2.05, 4.69) is 14.0 Å². The molecule has 0 saturated carbocycles. The zero-order valence-electron chi connectivity index (χ0n) is 10.9. The van der Waals surface area contributed by atoms with Gasteiger partial charge in [0.2, 0.25) is 0 Å². The van der Waals surface area contributed by atoms with Gasteiger partial charge in [-0.1, -0.05) is 0 Å². The molecule has 0 radical (unpaired) electrons. The van der Waals surface area contributed by atoms with Crippen molar-refractivity contribution in [1.29, 1.82) is 0 Å². The molecule has 0 N–H and O–H groups in total. The van der Waals surface area contributed by atoms with Crippen molar-refractivity contribution < 1.29 is 25.2 Å². The number of rotatable bonds is 3. The second-order valence-electron chi connectivity index (χ2n) is 4.00. The quantitative estimate of drug-likeness (QED) is 0.529. The van der Waals surface area contributed by atoms with E-state index in [0.717, 1.165) is 0 Å². The first-order chi connectivity index (χ1) is 7.28. The van der Waals surface area contributed by atoms with Crippen LogP contribution in [-0.2, 0) is 0 Å². The second-order valence-corrected chi connectivity index (χ2v) is 10.7. The first-order valence-corrected chi connectivity index (χ1v) is 9.05. The van der Waals surface area contributed by atoms with Crippen LogP contribution in [0.1, 0.15) is 0 Å². The van der Waals surface area contributed by atoms with Crippen molar-refractivity contribution in [1.82, 2.24) is 14.0 Å². The molecule has 0 unspecified atom stereocenters. The molecule has 0 fully saturated rings. The SMILES string of the molecule is CN(C)[P+](Cl)(N(C)C)N(C)C.F[P-](F)(F)(F)(F)F. The Kier molecular flexibility index (Phi) is 6.03. The molecule has 116 valence electrons. The number of hydrogen-bond donors (Lipinski definition) is 0. The van der Waals surface area contributed by atoms with Gasteiger partial charge in [0, 0.05) is 42.3 Å². The minimum absolute atomic E-state index is 1.71. The van der Waals surface area contributed by atoms with E-state index in [1.165, 1.54) is 0 Å². The van der Waals surface area contributed by atoms with Gasteiger partial charge in [0.1, 0.15) is 0 Å². The van der Waals surface area contributed by atoms with Gasteiger partial charge < -0.3 is 0 Å². The third kappa shape index (κ3) is 11.7. The van der Waals surface area contributed by atoms with Gasteiger partial charge in [-0.2, -0.15) is 0 Å². The summed E-state index contributed by atoms with van der Waals surface area (Å²) in [7, 11) is -0.366. The molecule has 0 aromatic heterocycles. The van der Waals surface area contributed by atoms with E-state index in [1.807, 2.05) is 42.3 Å². The van der Waals surface area contributed by atoms with Crippen LogP contribution in [-0.4, -0.2) is 56.3 Å². The summed E-state index contributed by atoms with van der Waals surface area (Å²) in [6.07, 6.45) is 0. The third-order valence-electron chi connectivity index (χ3n) is 1.53. The topological polar surface area (TPSA) is 9.72 Å². The fourth-order valence-corrected chi connectivity index (χ4v) is 3.22. The molecule has 0 spiro atoms. The Labute approximate surface area is 108 Å². The van der Waals surface area contributed by atoms with Crippen molar-refractivity contribution in [2.75, 3.05) is 42.3 Å². The van der Waals surface area contributed by atoms with Crippen LogP contribution in [0.5, 0.6) is 0 Å². The molecule has 3 nitrogen and oxygen atoms in total. The Hall–Kier alpha value is 0.610. The van der Waals surface area contributed by atoms with Crippen molar-refractivity contribution in [2.45, 2.75) is 0 Å². The number of hydrogen-bond acceptors (Lipinski definition) is 3. The standard InChI is InChI=1S/C6H18ClN3P.F6P/c1-8(2)11(7,9(3)4)10(5)6;1-7(2,3,4,5)6/h1-6H3;/q+1;-1. The summed E-state index contributed by atoms with van der Waals surface area (Å²) in [6.45, 7) is 0. The summed E-state index contributed by atoms with van der Waals surface area (Å²) in [6, 6.07) is 0. The van der Waals surface area contributed by atoms with Crippen LogP contribution in [0.3, 0.4) is 0 Å². The van der Waals surface area contributed by atoms with E-state index in [4.69, 9.17) is 11.2 Å². The molecule has 0 atom stereocenters. The predicted octanol–water partition coefficient (Wildman–Crippen LogP) is 4.97. The fourth-order valence-electron chi connectivity index (χ4n) is 1.07. The van der Waals surface area contributed by atoms with Gasteiger partial charge in [0.25, 0.3) is 0 Å². The van der Waals surface area contributed by atoms with E-state index < -0.39 is 14.9 Å². The van der Waals surface area contributed by atoms with Crippen molar-refractivity contribution in [3.8, 4) is 0 Å². The summed E-state index contributed by atoms with van der Waals surface area (Å²) in [4.78, 5) is 0. The van der Waals surface area contributed by atoms with Crippen LogP contribution in [0.4, 0.5) is 25.2 Å². The monoisotopic (exact) mass is 343 g/mol. The van der Waals surface area contributed by atoms with Gasteiger partial charge >= 0.3 is 40.1 Å². The molecule has 12 heteroatoms. The zero-order valence-corrected chi connectivity index (χ0v) is 13.4. The summed E-state index contributed by atoms with van der Waals surface area (Å²) in [5, 5.41) is 0. The maximum atomic E-state index is 9.87. The van der Waals surface area contributed by atoms with Gasteiger partial charge in [-0.3, -0.25) is 0 Å². The van der Waals surface area contributed by atoms with E-state index >= 15 is 0 Å². The van der Waals surface area contributed by atoms with E-state index in [-0.39, 0.29) is 0 Å². The first-order valence-electron chi connectivity index (χ1n) is 4.47. The van der Waals surface area contributed by atoms with Gasteiger partial charge in [0.05, 0.1) is 0 Å². The van der Waals surface area contributed by atoms with Crippen molar-refractivity contribution in [3.63, 3.8) is 0 Å². The predicted molar refractivity (Wildman–Crippen MR) is 67.4 cm³/mol.